The standard InChI is InChI=1S/C12H18N2O4/c1-14(7-9-2-4-17-5-3-9)8-10-6-11(12(15)16)13-18-10/h6,9H,2-5,7-8H2,1H3,(H,15,16). The van der Waals surface area contributed by atoms with Crippen molar-refractivity contribution in [3.8, 4) is 0 Å². The first-order chi connectivity index (χ1) is 8.65. The average Bonchev–Trinajstić information content (AvgIpc) is 2.78. The molecule has 1 fully saturated rings. The van der Waals surface area contributed by atoms with Crippen molar-refractivity contribution in [2.24, 2.45) is 5.92 Å². The fraction of sp³-hybridized carbons (Fsp3) is 0.667. The smallest absolute Gasteiger partial charge is 0.358 e. The number of rotatable bonds is 5. The summed E-state index contributed by atoms with van der Waals surface area (Å²) in [6.07, 6.45) is 2.17. The van der Waals surface area contributed by atoms with E-state index >= 15 is 0 Å². The molecule has 0 saturated carbocycles. The third kappa shape index (κ3) is 3.54. The molecule has 100 valence electrons. The molecule has 6 heteroatoms. The predicted octanol–water partition coefficient (Wildman–Crippen LogP) is 1.23. The monoisotopic (exact) mass is 254 g/mol. The molecule has 1 aliphatic rings. The average molecular weight is 254 g/mol. The predicted molar refractivity (Wildman–Crippen MR) is 63.3 cm³/mol. The first-order valence-electron chi connectivity index (χ1n) is 6.10. The van der Waals surface area contributed by atoms with Crippen molar-refractivity contribution < 1.29 is 19.2 Å². The van der Waals surface area contributed by atoms with Crippen LogP contribution in [0.2, 0.25) is 0 Å². The molecule has 1 saturated heterocycles. The van der Waals surface area contributed by atoms with E-state index in [4.69, 9.17) is 14.4 Å². The summed E-state index contributed by atoms with van der Waals surface area (Å²) < 4.78 is 10.3. The van der Waals surface area contributed by atoms with Crippen LogP contribution in [0.25, 0.3) is 0 Å². The molecule has 2 heterocycles. The normalized spacial score (nSPS) is 17.2. The van der Waals surface area contributed by atoms with E-state index in [-0.39, 0.29) is 5.69 Å². The second-order valence-corrected chi connectivity index (χ2v) is 4.74. The highest BCUT2D eigenvalue weighted by molar-refractivity contribution is 5.85. The highest BCUT2D eigenvalue weighted by Gasteiger charge is 2.17. The number of hydrogen-bond acceptors (Lipinski definition) is 5. The van der Waals surface area contributed by atoms with Gasteiger partial charge in [0.1, 0.15) is 0 Å². The number of nitrogens with zero attached hydrogens (tertiary/aromatic N) is 2. The SMILES string of the molecule is CN(Cc1cc(C(=O)O)no1)CC1CCOCC1. The molecule has 18 heavy (non-hydrogen) atoms. The molecule has 0 atom stereocenters. The van der Waals surface area contributed by atoms with Gasteiger partial charge < -0.3 is 14.4 Å². The Morgan fingerprint density at radius 1 is 1.56 bits per heavy atom. The van der Waals surface area contributed by atoms with Crippen LogP contribution in [0, 0.1) is 5.92 Å². The van der Waals surface area contributed by atoms with Gasteiger partial charge in [0.15, 0.2) is 11.5 Å². The van der Waals surface area contributed by atoms with Gasteiger partial charge >= 0.3 is 5.97 Å². The zero-order valence-corrected chi connectivity index (χ0v) is 10.5. The molecule has 0 spiro atoms. The van der Waals surface area contributed by atoms with E-state index < -0.39 is 5.97 Å². The Morgan fingerprint density at radius 3 is 2.89 bits per heavy atom. The van der Waals surface area contributed by atoms with E-state index in [9.17, 15) is 4.79 Å². The van der Waals surface area contributed by atoms with Gasteiger partial charge in [0.05, 0.1) is 6.54 Å². The quantitative estimate of drug-likeness (QED) is 0.851. The summed E-state index contributed by atoms with van der Waals surface area (Å²) in [5.74, 6) is 0.171. The largest absolute Gasteiger partial charge is 0.476 e. The minimum absolute atomic E-state index is 0.0375. The van der Waals surface area contributed by atoms with Crippen LogP contribution < -0.4 is 0 Å². The number of hydrogen-bond donors (Lipinski definition) is 1. The van der Waals surface area contributed by atoms with Gasteiger partial charge in [-0.25, -0.2) is 4.79 Å². The zero-order chi connectivity index (χ0) is 13.0. The van der Waals surface area contributed by atoms with Gasteiger partial charge in [0, 0.05) is 25.8 Å². The van der Waals surface area contributed by atoms with Gasteiger partial charge in [0.25, 0.3) is 0 Å². The molecule has 0 unspecified atom stereocenters. The summed E-state index contributed by atoms with van der Waals surface area (Å²) in [7, 11) is 2.00. The molecule has 0 aliphatic carbocycles. The van der Waals surface area contributed by atoms with Crippen LogP contribution in [-0.2, 0) is 11.3 Å². The molecule has 1 aromatic rings. The Labute approximate surface area is 106 Å². The highest BCUT2D eigenvalue weighted by atomic mass is 16.5. The van der Waals surface area contributed by atoms with E-state index in [0.717, 1.165) is 32.6 Å². The van der Waals surface area contributed by atoms with Crippen LogP contribution in [0.3, 0.4) is 0 Å². The van der Waals surface area contributed by atoms with Crippen LogP contribution in [0.4, 0.5) is 0 Å². The van der Waals surface area contributed by atoms with Crippen molar-refractivity contribution in [2.75, 3.05) is 26.8 Å². The molecule has 0 aromatic carbocycles. The Morgan fingerprint density at radius 2 is 2.28 bits per heavy atom. The van der Waals surface area contributed by atoms with Crippen LogP contribution >= 0.6 is 0 Å². The Bertz CT molecular complexity index is 399. The van der Waals surface area contributed by atoms with Crippen LogP contribution in [0.1, 0.15) is 29.1 Å². The second-order valence-electron chi connectivity index (χ2n) is 4.74. The Hall–Kier alpha value is -1.40. The van der Waals surface area contributed by atoms with Crippen molar-refractivity contribution in [1.29, 1.82) is 0 Å². The molecular formula is C12H18N2O4. The highest BCUT2D eigenvalue weighted by Crippen LogP contribution is 2.16. The van der Waals surface area contributed by atoms with E-state index in [1.165, 1.54) is 6.07 Å². The van der Waals surface area contributed by atoms with Gasteiger partial charge in [0.2, 0.25) is 0 Å². The first-order valence-corrected chi connectivity index (χ1v) is 6.10. The number of aromatic carboxylic acids is 1. The summed E-state index contributed by atoms with van der Waals surface area (Å²) in [5.41, 5.74) is -0.0375. The van der Waals surface area contributed by atoms with Gasteiger partial charge in [-0.1, -0.05) is 5.16 Å². The lowest BCUT2D eigenvalue weighted by Crippen LogP contribution is -2.29. The maximum atomic E-state index is 10.7. The molecule has 0 radical (unpaired) electrons. The Balaban J connectivity index is 1.82. The Kier molecular flexibility index (Phi) is 4.33. The van der Waals surface area contributed by atoms with Crippen LogP contribution in [0.15, 0.2) is 10.6 Å². The fourth-order valence-corrected chi connectivity index (χ4v) is 2.19. The summed E-state index contributed by atoms with van der Waals surface area (Å²) in [5, 5.41) is 12.2. The van der Waals surface area contributed by atoms with Gasteiger partial charge in [-0.2, -0.15) is 0 Å². The summed E-state index contributed by atoms with van der Waals surface area (Å²) >= 11 is 0. The van der Waals surface area contributed by atoms with E-state index in [0.29, 0.717) is 18.2 Å². The minimum Gasteiger partial charge on any atom is -0.476 e. The zero-order valence-electron chi connectivity index (χ0n) is 10.5. The third-order valence-corrected chi connectivity index (χ3v) is 3.11. The lowest BCUT2D eigenvalue weighted by atomic mass is 10.00. The molecule has 2 rings (SSSR count). The lowest BCUT2D eigenvalue weighted by Gasteiger charge is -2.26. The third-order valence-electron chi connectivity index (χ3n) is 3.11. The second kappa shape index (κ2) is 5.97. The van der Waals surface area contributed by atoms with Gasteiger partial charge in [-0.05, 0) is 25.8 Å². The summed E-state index contributed by atoms with van der Waals surface area (Å²) in [6.45, 7) is 3.22. The topological polar surface area (TPSA) is 75.8 Å². The summed E-state index contributed by atoms with van der Waals surface area (Å²) in [4.78, 5) is 12.8. The summed E-state index contributed by atoms with van der Waals surface area (Å²) in [6, 6.07) is 1.48. The number of aromatic nitrogens is 1. The molecule has 0 bridgehead atoms. The van der Waals surface area contributed by atoms with E-state index in [1.807, 2.05) is 7.05 Å². The number of carboxylic acid groups (broad SMARTS) is 1. The fourth-order valence-electron chi connectivity index (χ4n) is 2.19. The number of ether oxygens (including phenoxy) is 1. The molecule has 6 nitrogen and oxygen atoms in total. The lowest BCUT2D eigenvalue weighted by molar-refractivity contribution is 0.0540. The van der Waals surface area contributed by atoms with Crippen molar-refractivity contribution in [2.45, 2.75) is 19.4 Å². The van der Waals surface area contributed by atoms with Crippen molar-refractivity contribution in [3.05, 3.63) is 17.5 Å². The number of carboxylic acids is 1. The van der Waals surface area contributed by atoms with Crippen molar-refractivity contribution in [3.63, 3.8) is 0 Å². The van der Waals surface area contributed by atoms with Crippen molar-refractivity contribution in [1.82, 2.24) is 10.1 Å². The first kappa shape index (κ1) is 13.0. The van der Waals surface area contributed by atoms with Gasteiger partial charge in [-0.3, -0.25) is 4.90 Å². The minimum atomic E-state index is -1.06. The maximum absolute atomic E-state index is 10.7. The van der Waals surface area contributed by atoms with Crippen LogP contribution in [-0.4, -0.2) is 47.9 Å². The van der Waals surface area contributed by atoms with Gasteiger partial charge in [-0.15, -0.1) is 0 Å². The van der Waals surface area contributed by atoms with Crippen molar-refractivity contribution >= 4 is 5.97 Å². The molecule has 1 aromatic heterocycles. The maximum Gasteiger partial charge on any atom is 0.358 e. The molecule has 1 aliphatic heterocycles. The molecule has 1 N–H and O–H groups in total. The number of carbonyl (C=O) groups is 1. The van der Waals surface area contributed by atoms with E-state index in [1.54, 1.807) is 0 Å². The van der Waals surface area contributed by atoms with Crippen LogP contribution in [0.5, 0.6) is 0 Å². The van der Waals surface area contributed by atoms with E-state index in [2.05, 4.69) is 10.1 Å². The molecule has 0 amide bonds. The molecular weight excluding hydrogens is 236 g/mol.